The van der Waals surface area contributed by atoms with Crippen LogP contribution < -0.4 is 0 Å². The number of rotatable bonds is 2. The van der Waals surface area contributed by atoms with Crippen LogP contribution in [0.25, 0.3) is 33.4 Å². The van der Waals surface area contributed by atoms with Gasteiger partial charge in [-0.2, -0.15) is 0 Å². The van der Waals surface area contributed by atoms with Crippen LogP contribution in [-0.2, 0) is 5.41 Å². The zero-order chi connectivity index (χ0) is 19.3. The monoisotopic (exact) mass is 380 g/mol. The third kappa shape index (κ3) is 2.52. The molecule has 0 fully saturated rings. The normalized spacial score (nSPS) is 13.8. The second kappa shape index (κ2) is 6.36. The average Bonchev–Trinajstić information content (AvgIpc) is 2.96. The van der Waals surface area contributed by atoms with Crippen LogP contribution in [0.4, 0.5) is 0 Å². The zero-order valence-electron chi connectivity index (χ0n) is 16.0. The average molecular weight is 381 g/mol. The van der Waals surface area contributed by atoms with Gasteiger partial charge in [-0.1, -0.05) is 104 Å². The van der Waals surface area contributed by atoms with Crippen molar-refractivity contribution in [1.82, 2.24) is 0 Å². The van der Waals surface area contributed by atoms with E-state index in [1.165, 1.54) is 38.9 Å². The van der Waals surface area contributed by atoms with Gasteiger partial charge in [0.1, 0.15) is 0 Å². The van der Waals surface area contributed by atoms with Crippen molar-refractivity contribution in [3.05, 3.63) is 107 Å². The predicted molar refractivity (Wildman–Crippen MR) is 120 cm³/mol. The Bertz CT molecular complexity index is 1190. The maximum atomic E-state index is 6.48. The fraction of sp³-hybridized carbons (Fsp3) is 0.111. The molecule has 0 N–H and O–H groups in total. The van der Waals surface area contributed by atoms with Crippen molar-refractivity contribution in [2.24, 2.45) is 0 Å². The quantitative estimate of drug-likeness (QED) is 0.330. The SMILES string of the molecule is CC1(C)c2cc(-c3ccccc3Cl)ccc2-c2c(-c3ccccc3)cccc21. The Labute approximate surface area is 171 Å². The van der Waals surface area contributed by atoms with Crippen molar-refractivity contribution in [3.8, 4) is 33.4 Å². The highest BCUT2D eigenvalue weighted by atomic mass is 35.5. The molecule has 0 aromatic heterocycles. The molecule has 0 radical (unpaired) electrons. The second-order valence-electron chi connectivity index (χ2n) is 7.96. The van der Waals surface area contributed by atoms with Crippen molar-refractivity contribution in [1.29, 1.82) is 0 Å². The molecule has 136 valence electrons. The molecule has 1 aliphatic carbocycles. The topological polar surface area (TPSA) is 0 Å². The molecule has 0 spiro atoms. The van der Waals surface area contributed by atoms with Crippen LogP contribution in [-0.4, -0.2) is 0 Å². The highest BCUT2D eigenvalue weighted by molar-refractivity contribution is 6.33. The van der Waals surface area contributed by atoms with E-state index in [2.05, 4.69) is 86.6 Å². The van der Waals surface area contributed by atoms with Gasteiger partial charge in [0.25, 0.3) is 0 Å². The van der Waals surface area contributed by atoms with Crippen LogP contribution in [0.2, 0.25) is 5.02 Å². The lowest BCUT2D eigenvalue weighted by atomic mass is 9.81. The van der Waals surface area contributed by atoms with E-state index in [4.69, 9.17) is 11.6 Å². The molecule has 0 bridgehead atoms. The molecule has 0 nitrogen and oxygen atoms in total. The van der Waals surface area contributed by atoms with Crippen LogP contribution >= 0.6 is 11.6 Å². The highest BCUT2D eigenvalue weighted by Crippen LogP contribution is 2.52. The molecular formula is C27H21Cl. The first-order valence-corrected chi connectivity index (χ1v) is 10.0. The molecule has 1 heteroatoms. The van der Waals surface area contributed by atoms with Gasteiger partial charge in [0, 0.05) is 16.0 Å². The van der Waals surface area contributed by atoms with E-state index in [-0.39, 0.29) is 5.41 Å². The molecule has 28 heavy (non-hydrogen) atoms. The van der Waals surface area contributed by atoms with Crippen molar-refractivity contribution in [3.63, 3.8) is 0 Å². The summed E-state index contributed by atoms with van der Waals surface area (Å²) in [5.41, 5.74) is 10.2. The standard InChI is InChI=1S/C27H21Cl/c1-27(2)23-13-8-12-21(18-9-4-3-5-10-18)26(23)22-16-15-19(17-24(22)27)20-11-6-7-14-25(20)28/h3-17H,1-2H3. The third-order valence-electron chi connectivity index (χ3n) is 5.97. The third-order valence-corrected chi connectivity index (χ3v) is 6.30. The van der Waals surface area contributed by atoms with E-state index < -0.39 is 0 Å². The number of fused-ring (bicyclic) bond motifs is 3. The maximum Gasteiger partial charge on any atom is 0.0484 e. The van der Waals surface area contributed by atoms with E-state index in [0.29, 0.717) is 0 Å². The van der Waals surface area contributed by atoms with Crippen molar-refractivity contribution in [2.75, 3.05) is 0 Å². The molecule has 0 saturated heterocycles. The Morgan fingerprint density at radius 3 is 2.07 bits per heavy atom. The van der Waals surface area contributed by atoms with Gasteiger partial charge in [0.15, 0.2) is 0 Å². The number of hydrogen-bond acceptors (Lipinski definition) is 0. The number of halogens is 1. The van der Waals surface area contributed by atoms with Crippen LogP contribution in [0.5, 0.6) is 0 Å². The van der Waals surface area contributed by atoms with Crippen molar-refractivity contribution in [2.45, 2.75) is 19.3 Å². The highest BCUT2D eigenvalue weighted by Gasteiger charge is 2.37. The van der Waals surface area contributed by atoms with E-state index in [1.54, 1.807) is 0 Å². The summed E-state index contributed by atoms with van der Waals surface area (Å²) >= 11 is 6.48. The molecule has 4 aromatic rings. The maximum absolute atomic E-state index is 6.48. The molecular weight excluding hydrogens is 360 g/mol. The zero-order valence-corrected chi connectivity index (χ0v) is 16.8. The largest absolute Gasteiger partial charge is 0.0837 e. The molecule has 1 aliphatic rings. The van der Waals surface area contributed by atoms with Gasteiger partial charge in [-0.05, 0) is 51.1 Å². The second-order valence-corrected chi connectivity index (χ2v) is 8.37. The van der Waals surface area contributed by atoms with Crippen molar-refractivity contribution < 1.29 is 0 Å². The molecule has 5 rings (SSSR count). The van der Waals surface area contributed by atoms with E-state index in [0.717, 1.165) is 10.6 Å². The molecule has 0 aliphatic heterocycles. The summed E-state index contributed by atoms with van der Waals surface area (Å²) in [6.07, 6.45) is 0. The van der Waals surface area contributed by atoms with Crippen molar-refractivity contribution >= 4 is 11.6 Å². The number of hydrogen-bond donors (Lipinski definition) is 0. The van der Waals surface area contributed by atoms with Gasteiger partial charge in [-0.15, -0.1) is 0 Å². The minimum absolute atomic E-state index is 0.0489. The first-order valence-electron chi connectivity index (χ1n) is 9.66. The smallest absolute Gasteiger partial charge is 0.0484 e. The van der Waals surface area contributed by atoms with Crippen LogP contribution in [0.15, 0.2) is 91.0 Å². The van der Waals surface area contributed by atoms with Gasteiger partial charge >= 0.3 is 0 Å². The molecule has 0 amide bonds. The Kier molecular flexibility index (Phi) is 3.92. The summed E-state index contributed by atoms with van der Waals surface area (Å²) in [6.45, 7) is 4.64. The number of benzene rings is 4. The summed E-state index contributed by atoms with van der Waals surface area (Å²) in [7, 11) is 0. The summed E-state index contributed by atoms with van der Waals surface area (Å²) < 4.78 is 0. The fourth-order valence-electron chi connectivity index (χ4n) is 4.51. The summed E-state index contributed by atoms with van der Waals surface area (Å²) in [5.74, 6) is 0. The Morgan fingerprint density at radius 1 is 0.571 bits per heavy atom. The molecule has 4 aromatic carbocycles. The Hall–Kier alpha value is -2.83. The van der Waals surface area contributed by atoms with Gasteiger partial charge < -0.3 is 0 Å². The lowest BCUT2D eigenvalue weighted by Crippen LogP contribution is -2.15. The van der Waals surface area contributed by atoms with Gasteiger partial charge in [0.05, 0.1) is 0 Å². The molecule has 0 saturated carbocycles. The minimum Gasteiger partial charge on any atom is -0.0837 e. The summed E-state index contributed by atoms with van der Waals surface area (Å²) in [5, 5.41) is 0.792. The van der Waals surface area contributed by atoms with Gasteiger partial charge in [-0.3, -0.25) is 0 Å². The van der Waals surface area contributed by atoms with Crippen LogP contribution in [0.3, 0.4) is 0 Å². The first-order chi connectivity index (χ1) is 13.6. The van der Waals surface area contributed by atoms with Crippen LogP contribution in [0.1, 0.15) is 25.0 Å². The molecule has 0 atom stereocenters. The molecule has 0 unspecified atom stereocenters. The first kappa shape index (κ1) is 17.3. The summed E-state index contributed by atoms with van der Waals surface area (Å²) in [4.78, 5) is 0. The predicted octanol–water partition coefficient (Wildman–Crippen LogP) is 7.98. The molecule has 0 heterocycles. The van der Waals surface area contributed by atoms with E-state index in [1.807, 2.05) is 18.2 Å². The fourth-order valence-corrected chi connectivity index (χ4v) is 4.75. The van der Waals surface area contributed by atoms with Gasteiger partial charge in [0.2, 0.25) is 0 Å². The lowest BCUT2D eigenvalue weighted by Gasteiger charge is -2.22. The lowest BCUT2D eigenvalue weighted by molar-refractivity contribution is 0.660. The van der Waals surface area contributed by atoms with E-state index in [9.17, 15) is 0 Å². The Balaban J connectivity index is 1.75. The Morgan fingerprint density at radius 2 is 1.29 bits per heavy atom. The van der Waals surface area contributed by atoms with Gasteiger partial charge in [-0.25, -0.2) is 0 Å². The van der Waals surface area contributed by atoms with Crippen LogP contribution in [0, 0.1) is 0 Å². The minimum atomic E-state index is -0.0489. The summed E-state index contributed by atoms with van der Waals surface area (Å²) in [6, 6.07) is 32.2. The van der Waals surface area contributed by atoms with E-state index >= 15 is 0 Å².